The molecule has 0 unspecified atom stereocenters. The van der Waals surface area contributed by atoms with Gasteiger partial charge in [-0.15, -0.1) is 0 Å². The number of hydrogen-bond donors (Lipinski definition) is 2. The van der Waals surface area contributed by atoms with Gasteiger partial charge in [-0.2, -0.15) is 0 Å². The van der Waals surface area contributed by atoms with Crippen LogP contribution in [-0.4, -0.2) is 109 Å². The molecular formula is C32H46N6O8. The van der Waals surface area contributed by atoms with Crippen molar-refractivity contribution in [1.82, 2.24) is 24.8 Å². The third kappa shape index (κ3) is 9.36. The number of carbonyl (C=O) groups excluding carboxylic acids is 2. The molecule has 0 saturated carbocycles. The van der Waals surface area contributed by atoms with Gasteiger partial charge in [-0.3, -0.25) is 4.90 Å². The van der Waals surface area contributed by atoms with Gasteiger partial charge in [-0.1, -0.05) is 0 Å². The SMILES string of the molecule is CCOCCOc1c(OC)cc(Nc2ncnc3[nH]cc(CN4CC(CN(C)C(=O)OC(C)(C)C)C4)c23)cc1OCC(=O)OCC. The minimum Gasteiger partial charge on any atom is -0.493 e. The fraction of sp³-hybridized carbons (Fsp3) is 0.562. The molecule has 252 valence electrons. The van der Waals surface area contributed by atoms with E-state index < -0.39 is 11.6 Å². The van der Waals surface area contributed by atoms with Crippen molar-refractivity contribution in [2.75, 3.05) is 72.1 Å². The summed E-state index contributed by atoms with van der Waals surface area (Å²) in [5.41, 5.74) is 1.80. The topological polar surface area (TPSA) is 150 Å². The lowest BCUT2D eigenvalue weighted by molar-refractivity contribution is -0.145. The van der Waals surface area contributed by atoms with Crippen LogP contribution in [0.15, 0.2) is 24.7 Å². The number of aromatic nitrogens is 3. The molecule has 1 aliphatic heterocycles. The number of methoxy groups -OCH3 is 1. The zero-order chi connectivity index (χ0) is 33.3. The highest BCUT2D eigenvalue weighted by Crippen LogP contribution is 2.42. The highest BCUT2D eigenvalue weighted by molar-refractivity contribution is 5.92. The van der Waals surface area contributed by atoms with Crippen LogP contribution in [-0.2, 0) is 25.5 Å². The number of benzene rings is 1. The third-order valence-electron chi connectivity index (χ3n) is 7.05. The van der Waals surface area contributed by atoms with E-state index in [0.717, 1.165) is 24.0 Å². The molecule has 4 rings (SSSR count). The Labute approximate surface area is 269 Å². The average Bonchev–Trinajstić information content (AvgIpc) is 3.40. The standard InChI is InChI=1S/C32H46N6O8/c1-8-42-10-11-44-28-24(41-7)12-23(13-25(28)45-19-26(39)43-9-2)36-30-27-22(14-33-29(27)34-20-35-30)18-38-16-21(17-38)15-37(6)31(40)46-32(3,4)5/h12-14,20-21H,8-11,15-19H2,1-7H3,(H2,33,34,35,36). The Hall–Kier alpha value is -4.30. The summed E-state index contributed by atoms with van der Waals surface area (Å²) in [4.78, 5) is 40.6. The molecule has 0 aliphatic carbocycles. The van der Waals surface area contributed by atoms with Crippen LogP contribution in [0.25, 0.3) is 11.0 Å². The predicted molar refractivity (Wildman–Crippen MR) is 172 cm³/mol. The van der Waals surface area contributed by atoms with Gasteiger partial charge in [0.1, 0.15) is 30.0 Å². The second kappa shape index (κ2) is 15.8. The molecule has 1 aromatic carbocycles. The van der Waals surface area contributed by atoms with E-state index in [4.69, 9.17) is 28.4 Å². The predicted octanol–water partition coefficient (Wildman–Crippen LogP) is 4.37. The first kappa shape index (κ1) is 34.6. The number of aromatic amines is 1. The molecule has 14 nitrogen and oxygen atoms in total. The summed E-state index contributed by atoms with van der Waals surface area (Å²) >= 11 is 0. The van der Waals surface area contributed by atoms with Crippen LogP contribution in [0.3, 0.4) is 0 Å². The fourth-order valence-electron chi connectivity index (χ4n) is 5.08. The maximum atomic E-state index is 12.4. The monoisotopic (exact) mass is 642 g/mol. The minimum atomic E-state index is -0.526. The molecule has 1 amide bonds. The van der Waals surface area contributed by atoms with Crippen LogP contribution in [0.4, 0.5) is 16.3 Å². The van der Waals surface area contributed by atoms with Crippen LogP contribution in [0.5, 0.6) is 17.2 Å². The van der Waals surface area contributed by atoms with Crippen molar-refractivity contribution in [3.63, 3.8) is 0 Å². The number of anilines is 2. The van der Waals surface area contributed by atoms with E-state index in [9.17, 15) is 9.59 Å². The number of fused-ring (bicyclic) bond motifs is 1. The Morgan fingerprint density at radius 2 is 1.85 bits per heavy atom. The van der Waals surface area contributed by atoms with Crippen molar-refractivity contribution >= 4 is 34.6 Å². The molecule has 1 fully saturated rings. The Kier molecular flexibility index (Phi) is 11.9. The molecule has 2 aromatic heterocycles. The van der Waals surface area contributed by atoms with Crippen LogP contribution in [0.1, 0.15) is 40.2 Å². The zero-order valence-corrected chi connectivity index (χ0v) is 27.8. The highest BCUT2D eigenvalue weighted by atomic mass is 16.6. The number of likely N-dealkylation sites (tertiary alicyclic amines) is 1. The van der Waals surface area contributed by atoms with E-state index in [-0.39, 0.29) is 25.9 Å². The molecule has 0 atom stereocenters. The smallest absolute Gasteiger partial charge is 0.410 e. The van der Waals surface area contributed by atoms with E-state index >= 15 is 0 Å². The summed E-state index contributed by atoms with van der Waals surface area (Å²) in [5, 5.41) is 4.22. The summed E-state index contributed by atoms with van der Waals surface area (Å²) < 4.78 is 33.3. The summed E-state index contributed by atoms with van der Waals surface area (Å²) in [5.74, 6) is 1.49. The van der Waals surface area contributed by atoms with Crippen molar-refractivity contribution in [3.05, 3.63) is 30.2 Å². The summed E-state index contributed by atoms with van der Waals surface area (Å²) in [7, 11) is 3.30. The molecule has 46 heavy (non-hydrogen) atoms. The molecule has 3 aromatic rings. The normalized spacial score (nSPS) is 13.6. The number of nitrogens with one attached hydrogen (secondary N) is 2. The zero-order valence-electron chi connectivity index (χ0n) is 27.8. The van der Waals surface area contributed by atoms with Crippen molar-refractivity contribution in [1.29, 1.82) is 0 Å². The van der Waals surface area contributed by atoms with Crippen molar-refractivity contribution in [3.8, 4) is 17.2 Å². The quantitative estimate of drug-likeness (QED) is 0.169. The van der Waals surface area contributed by atoms with Crippen molar-refractivity contribution in [2.24, 2.45) is 5.92 Å². The first-order chi connectivity index (χ1) is 22.0. The van der Waals surface area contributed by atoms with Gasteiger partial charge in [0.05, 0.1) is 25.7 Å². The van der Waals surface area contributed by atoms with Crippen LogP contribution >= 0.6 is 0 Å². The van der Waals surface area contributed by atoms with E-state index in [1.54, 1.807) is 31.0 Å². The van der Waals surface area contributed by atoms with E-state index in [1.165, 1.54) is 13.4 Å². The van der Waals surface area contributed by atoms with Gasteiger partial charge < -0.3 is 43.6 Å². The minimum absolute atomic E-state index is 0.245. The number of amides is 1. The Morgan fingerprint density at radius 3 is 2.54 bits per heavy atom. The summed E-state index contributed by atoms with van der Waals surface area (Å²) in [6, 6.07) is 3.49. The van der Waals surface area contributed by atoms with Gasteiger partial charge in [0.25, 0.3) is 0 Å². The molecule has 1 saturated heterocycles. The Bertz CT molecular complexity index is 1470. The lowest BCUT2D eigenvalue weighted by Gasteiger charge is -2.41. The average molecular weight is 643 g/mol. The first-order valence-corrected chi connectivity index (χ1v) is 15.5. The molecule has 3 heterocycles. The van der Waals surface area contributed by atoms with Gasteiger partial charge in [-0.25, -0.2) is 19.6 Å². The molecule has 1 aliphatic rings. The molecule has 0 radical (unpaired) electrons. The number of hydrogen-bond acceptors (Lipinski definition) is 12. The van der Waals surface area contributed by atoms with Crippen LogP contribution in [0, 0.1) is 5.92 Å². The number of carbonyl (C=O) groups is 2. The summed E-state index contributed by atoms with van der Waals surface area (Å²) in [6.45, 7) is 13.4. The van der Waals surface area contributed by atoms with E-state index in [2.05, 4.69) is 25.2 Å². The molecule has 0 spiro atoms. The van der Waals surface area contributed by atoms with Gasteiger partial charge in [0.2, 0.25) is 5.75 Å². The Balaban J connectivity index is 1.49. The van der Waals surface area contributed by atoms with Gasteiger partial charge in [0.15, 0.2) is 18.1 Å². The highest BCUT2D eigenvalue weighted by Gasteiger charge is 2.31. The lowest BCUT2D eigenvalue weighted by atomic mass is 9.99. The second-order valence-electron chi connectivity index (χ2n) is 12.0. The van der Waals surface area contributed by atoms with Crippen molar-refractivity contribution < 1.29 is 38.0 Å². The maximum Gasteiger partial charge on any atom is 0.410 e. The van der Waals surface area contributed by atoms with Gasteiger partial charge in [-0.05, 0) is 40.2 Å². The number of ether oxygens (including phenoxy) is 6. The van der Waals surface area contributed by atoms with Crippen LogP contribution in [0.2, 0.25) is 0 Å². The third-order valence-corrected chi connectivity index (χ3v) is 7.05. The van der Waals surface area contributed by atoms with Crippen molar-refractivity contribution in [2.45, 2.75) is 46.8 Å². The number of esters is 1. The molecule has 0 bridgehead atoms. The number of H-pyrrole nitrogens is 1. The molecule has 14 heteroatoms. The van der Waals surface area contributed by atoms with E-state index in [1.807, 2.05) is 33.9 Å². The van der Waals surface area contributed by atoms with Crippen LogP contribution < -0.4 is 19.5 Å². The van der Waals surface area contributed by atoms with Gasteiger partial charge >= 0.3 is 12.1 Å². The largest absolute Gasteiger partial charge is 0.493 e. The maximum absolute atomic E-state index is 12.4. The number of nitrogens with zero attached hydrogens (tertiary/aromatic N) is 4. The molecule has 2 N–H and O–H groups in total. The Morgan fingerprint density at radius 1 is 1.09 bits per heavy atom. The number of rotatable bonds is 16. The second-order valence-corrected chi connectivity index (χ2v) is 12.0. The van der Waals surface area contributed by atoms with E-state index in [0.29, 0.717) is 66.6 Å². The molecular weight excluding hydrogens is 596 g/mol. The fourth-order valence-corrected chi connectivity index (χ4v) is 5.08. The lowest BCUT2D eigenvalue weighted by Crippen LogP contribution is -2.51. The first-order valence-electron chi connectivity index (χ1n) is 15.5. The van der Waals surface area contributed by atoms with Gasteiger partial charge in [0, 0.05) is 69.8 Å². The summed E-state index contributed by atoms with van der Waals surface area (Å²) in [6.07, 6.45) is 3.11.